The molecular weight excluding hydrogens is 540 g/mol. The maximum atomic E-state index is 13.5. The first-order chi connectivity index (χ1) is 19.0. The lowest BCUT2D eigenvalue weighted by Gasteiger charge is -2.41. The number of anilines is 1. The average Bonchev–Trinajstić information content (AvgIpc) is 2.93. The fourth-order valence-corrected chi connectivity index (χ4v) is 7.02. The number of benzene rings is 3. The van der Waals surface area contributed by atoms with Gasteiger partial charge in [0.2, 0.25) is 0 Å². The van der Waals surface area contributed by atoms with Crippen LogP contribution in [0.4, 0.5) is 5.69 Å². The molecule has 0 bridgehead atoms. The van der Waals surface area contributed by atoms with Crippen molar-refractivity contribution >= 4 is 33.2 Å². The summed E-state index contributed by atoms with van der Waals surface area (Å²) in [6.45, 7) is 8.10. The predicted molar refractivity (Wildman–Crippen MR) is 167 cm³/mol. The van der Waals surface area contributed by atoms with Crippen LogP contribution in [0.1, 0.15) is 81.9 Å². The Morgan fingerprint density at radius 3 is 2.08 bits per heavy atom. The van der Waals surface area contributed by atoms with Gasteiger partial charge < -0.3 is 14.2 Å². The highest BCUT2D eigenvalue weighted by Crippen LogP contribution is 2.43. The van der Waals surface area contributed by atoms with Gasteiger partial charge in [0.25, 0.3) is 0 Å². The van der Waals surface area contributed by atoms with Gasteiger partial charge in [0.1, 0.15) is 10.7 Å². The number of thiocarbonyl (C=S) groups is 1. The van der Waals surface area contributed by atoms with Crippen LogP contribution in [0.2, 0.25) is 0 Å². The molecule has 0 radical (unpaired) electrons. The van der Waals surface area contributed by atoms with Crippen molar-refractivity contribution in [2.45, 2.75) is 76.7 Å². The van der Waals surface area contributed by atoms with Crippen molar-refractivity contribution in [3.8, 4) is 11.5 Å². The van der Waals surface area contributed by atoms with E-state index in [-0.39, 0.29) is 22.9 Å². The van der Waals surface area contributed by atoms with Gasteiger partial charge in [-0.05, 0) is 78.5 Å². The second-order valence-electron chi connectivity index (χ2n) is 11.1. The van der Waals surface area contributed by atoms with Crippen molar-refractivity contribution in [3.63, 3.8) is 0 Å². The molecule has 0 unspecified atom stereocenters. The molecule has 0 atom stereocenters. The first kappa shape index (κ1) is 29.9. The molecule has 1 fully saturated rings. The van der Waals surface area contributed by atoms with E-state index in [0.717, 1.165) is 35.2 Å². The zero-order chi connectivity index (χ0) is 28.9. The third-order valence-corrected chi connectivity index (χ3v) is 9.23. The minimum Gasteiger partial charge on any atom is -0.497 e. The Morgan fingerprint density at radius 2 is 1.50 bits per heavy atom. The number of ether oxygens (including phenoxy) is 1. The summed E-state index contributed by atoms with van der Waals surface area (Å²) in [6.07, 6.45) is 2.99. The van der Waals surface area contributed by atoms with Gasteiger partial charge in [0, 0.05) is 17.1 Å². The highest BCUT2D eigenvalue weighted by molar-refractivity contribution is 7.88. The van der Waals surface area contributed by atoms with Crippen LogP contribution < -0.4 is 19.0 Å². The van der Waals surface area contributed by atoms with Gasteiger partial charge in [-0.15, -0.1) is 0 Å². The molecule has 8 heteroatoms. The smallest absolute Gasteiger partial charge is 0.407 e. The van der Waals surface area contributed by atoms with Gasteiger partial charge >= 0.3 is 10.3 Å². The van der Waals surface area contributed by atoms with E-state index in [1.165, 1.54) is 0 Å². The molecule has 0 aromatic heterocycles. The molecule has 2 N–H and O–H groups in total. The van der Waals surface area contributed by atoms with E-state index in [1.807, 2.05) is 88.4 Å². The van der Waals surface area contributed by atoms with Crippen molar-refractivity contribution in [2.24, 2.45) is 0 Å². The average molecular weight is 581 g/mol. The summed E-state index contributed by atoms with van der Waals surface area (Å²) >= 11 is 5.92. The quantitative estimate of drug-likeness (QED) is 0.242. The normalized spacial score (nSPS) is 19.3. The van der Waals surface area contributed by atoms with Gasteiger partial charge in [-0.2, -0.15) is 8.42 Å². The van der Waals surface area contributed by atoms with Crippen LogP contribution in [0.25, 0.3) is 0 Å². The number of hydrogen-bond acceptors (Lipinski definition) is 6. The molecule has 1 aliphatic rings. The Bertz CT molecular complexity index is 1390. The Balaban J connectivity index is 1.62. The zero-order valence-electron chi connectivity index (χ0n) is 23.9. The van der Waals surface area contributed by atoms with Crippen LogP contribution in [0.3, 0.4) is 0 Å². The molecule has 0 amide bonds. The summed E-state index contributed by atoms with van der Waals surface area (Å²) in [7, 11) is -2.63. The van der Waals surface area contributed by atoms with E-state index in [1.54, 1.807) is 7.11 Å². The number of hydrogen-bond donors (Lipinski definition) is 2. The number of para-hydroxylation sites is 2. The predicted octanol–water partition coefficient (Wildman–Crippen LogP) is 7.48. The van der Waals surface area contributed by atoms with Crippen LogP contribution in [0, 0.1) is 0 Å². The first-order valence-electron chi connectivity index (χ1n) is 13.9. The van der Waals surface area contributed by atoms with Gasteiger partial charge in [0.05, 0.1) is 7.11 Å². The van der Waals surface area contributed by atoms with Crippen molar-refractivity contribution in [1.82, 2.24) is 4.72 Å². The van der Waals surface area contributed by atoms with E-state index in [0.29, 0.717) is 24.3 Å². The van der Waals surface area contributed by atoms with Crippen LogP contribution in [0.5, 0.6) is 11.5 Å². The lowest BCUT2D eigenvalue weighted by atomic mass is 9.68. The first-order valence-corrected chi connectivity index (χ1v) is 15.7. The zero-order valence-corrected chi connectivity index (χ0v) is 25.6. The van der Waals surface area contributed by atoms with Crippen molar-refractivity contribution in [3.05, 3.63) is 89.5 Å². The molecule has 40 heavy (non-hydrogen) atoms. The van der Waals surface area contributed by atoms with Gasteiger partial charge in [0.15, 0.2) is 5.75 Å². The highest BCUT2D eigenvalue weighted by atomic mass is 32.2. The summed E-state index contributed by atoms with van der Waals surface area (Å²) in [5, 5.41) is 3.61. The van der Waals surface area contributed by atoms with E-state index < -0.39 is 15.7 Å². The summed E-state index contributed by atoms with van der Waals surface area (Å²) < 4.78 is 41.1. The summed E-state index contributed by atoms with van der Waals surface area (Å²) in [5.41, 5.74) is 3.01. The van der Waals surface area contributed by atoms with Gasteiger partial charge in [-0.25, -0.2) is 4.72 Å². The number of nitrogens with one attached hydrogen (secondary N) is 2. The lowest BCUT2D eigenvalue weighted by molar-refractivity contribution is 0.353. The lowest BCUT2D eigenvalue weighted by Crippen LogP contribution is -2.49. The summed E-state index contributed by atoms with van der Waals surface area (Å²) in [5.74, 6) is 1.27. The van der Waals surface area contributed by atoms with Crippen LogP contribution in [-0.4, -0.2) is 26.6 Å². The summed E-state index contributed by atoms with van der Waals surface area (Å²) in [6, 6.07) is 23.9. The second-order valence-corrected chi connectivity index (χ2v) is 12.8. The van der Waals surface area contributed by atoms with E-state index >= 15 is 0 Å². The number of methoxy groups -OCH3 is 1. The highest BCUT2D eigenvalue weighted by Gasteiger charge is 2.42. The Morgan fingerprint density at radius 1 is 0.900 bits per heavy atom. The fourth-order valence-electron chi connectivity index (χ4n) is 5.51. The van der Waals surface area contributed by atoms with E-state index in [4.69, 9.17) is 21.1 Å². The third kappa shape index (κ3) is 6.78. The molecule has 214 valence electrons. The largest absolute Gasteiger partial charge is 0.497 e. The summed E-state index contributed by atoms with van der Waals surface area (Å²) in [4.78, 5) is 0.243. The molecule has 1 saturated carbocycles. The maximum Gasteiger partial charge on any atom is 0.407 e. The maximum absolute atomic E-state index is 13.5. The van der Waals surface area contributed by atoms with Gasteiger partial charge in [-0.1, -0.05) is 88.4 Å². The molecule has 0 saturated heterocycles. The minimum absolute atomic E-state index is 0.0892. The molecule has 0 aliphatic heterocycles. The third-order valence-electron chi connectivity index (χ3n) is 7.77. The van der Waals surface area contributed by atoms with Crippen molar-refractivity contribution in [1.29, 1.82) is 0 Å². The molecule has 3 aromatic rings. The molecule has 3 aromatic carbocycles. The molecule has 0 heterocycles. The molecule has 1 aliphatic carbocycles. The Hall–Kier alpha value is -3.10. The minimum atomic E-state index is -4.26. The fraction of sp³-hybridized carbons (Fsp3) is 0.406. The molecule has 0 spiro atoms. The molecule has 6 nitrogen and oxygen atoms in total. The monoisotopic (exact) mass is 580 g/mol. The Kier molecular flexibility index (Phi) is 9.41. The van der Waals surface area contributed by atoms with Crippen molar-refractivity contribution < 1.29 is 17.3 Å². The van der Waals surface area contributed by atoms with Crippen LogP contribution >= 0.6 is 12.2 Å². The van der Waals surface area contributed by atoms with E-state index in [9.17, 15) is 8.42 Å². The Labute approximate surface area is 244 Å². The van der Waals surface area contributed by atoms with Crippen molar-refractivity contribution in [2.75, 3.05) is 12.4 Å². The van der Waals surface area contributed by atoms with Gasteiger partial charge in [-0.3, -0.25) is 0 Å². The molecule has 4 rings (SSSR count). The number of rotatable bonds is 10. The van der Waals surface area contributed by atoms with Crippen LogP contribution in [0.15, 0.2) is 72.8 Å². The topological polar surface area (TPSA) is 76.7 Å². The second kappa shape index (κ2) is 12.6. The molecular formula is C32H40N2O4S2. The van der Waals surface area contributed by atoms with Crippen LogP contribution in [-0.2, 0) is 15.7 Å². The van der Waals surface area contributed by atoms with E-state index in [2.05, 4.69) is 22.2 Å². The standard InChI is InChI=1S/C32H40N2O4S2/c1-22(2)28-15-10-16-29(23(3)4)30(28)38-40(35,36)34-31(39)32(24-11-9-14-27(21-24)37-5)19-17-26(18-20-32)33-25-12-7-6-8-13-25/h6-16,21-23,26,33H,17-20H2,1-5H3,(H,34,39). The SMILES string of the molecule is COc1cccc(C2(C(=S)NS(=O)(=O)Oc3c(C(C)C)cccc3C(C)C)CCC(Nc3ccccc3)CC2)c1.